The van der Waals surface area contributed by atoms with Gasteiger partial charge in [0.15, 0.2) is 6.10 Å². The normalized spacial score (nSPS) is 14.0. The minimum absolute atomic E-state index is 0.0247. The number of carbonyl (C=O) groups excluding carboxylic acids is 2. The number of ether oxygens (including phenoxy) is 2. The highest BCUT2D eigenvalue weighted by Crippen LogP contribution is 2.43. The van der Waals surface area contributed by atoms with Crippen molar-refractivity contribution in [1.82, 2.24) is 0 Å². The van der Waals surface area contributed by atoms with Crippen molar-refractivity contribution in [3.8, 4) is 0 Å². The minimum atomic E-state index is -4.38. The number of nitrogens with zero attached hydrogens (tertiary/aromatic N) is 1. The lowest BCUT2D eigenvalue weighted by Crippen LogP contribution is -2.37. The topological polar surface area (TPSA) is 108 Å². The molecular formula is C46H85NO8P+. The largest absolute Gasteiger partial charge is 0.472 e. The summed E-state index contributed by atoms with van der Waals surface area (Å²) in [5.41, 5.74) is 0. The maximum Gasteiger partial charge on any atom is 0.472 e. The van der Waals surface area contributed by atoms with Crippen LogP contribution in [0.4, 0.5) is 0 Å². The molecule has 0 saturated carbocycles. The summed E-state index contributed by atoms with van der Waals surface area (Å²) in [6.07, 6.45) is 44.4. The van der Waals surface area contributed by atoms with Gasteiger partial charge in [0.05, 0.1) is 27.7 Å². The predicted octanol–water partition coefficient (Wildman–Crippen LogP) is 12.7. The van der Waals surface area contributed by atoms with Crippen molar-refractivity contribution >= 4 is 19.8 Å². The molecule has 0 aliphatic carbocycles. The molecule has 10 heteroatoms. The number of hydrogen-bond acceptors (Lipinski definition) is 7. The van der Waals surface area contributed by atoms with Gasteiger partial charge in [-0.15, -0.1) is 0 Å². The predicted molar refractivity (Wildman–Crippen MR) is 233 cm³/mol. The van der Waals surface area contributed by atoms with Gasteiger partial charge in [-0.25, -0.2) is 4.57 Å². The minimum Gasteiger partial charge on any atom is -0.462 e. The first-order valence-electron chi connectivity index (χ1n) is 22.4. The summed E-state index contributed by atoms with van der Waals surface area (Å²) in [6, 6.07) is 0. The highest BCUT2D eigenvalue weighted by atomic mass is 31.2. The average Bonchev–Trinajstić information content (AvgIpc) is 3.15. The number of carbonyl (C=O) groups is 2. The van der Waals surface area contributed by atoms with Gasteiger partial charge in [0, 0.05) is 12.8 Å². The Morgan fingerprint density at radius 2 is 0.964 bits per heavy atom. The van der Waals surface area contributed by atoms with E-state index in [2.05, 4.69) is 62.5 Å². The first-order chi connectivity index (χ1) is 27.0. The van der Waals surface area contributed by atoms with Gasteiger partial charge in [0.1, 0.15) is 19.8 Å². The van der Waals surface area contributed by atoms with E-state index in [9.17, 15) is 19.0 Å². The van der Waals surface area contributed by atoms with Gasteiger partial charge in [-0.05, 0) is 57.8 Å². The van der Waals surface area contributed by atoms with Crippen molar-refractivity contribution in [3.63, 3.8) is 0 Å². The van der Waals surface area contributed by atoms with Crippen LogP contribution in [0.5, 0.6) is 0 Å². The molecule has 0 radical (unpaired) electrons. The van der Waals surface area contributed by atoms with Gasteiger partial charge in [-0.3, -0.25) is 18.6 Å². The highest BCUT2D eigenvalue weighted by Gasteiger charge is 2.27. The zero-order valence-corrected chi connectivity index (χ0v) is 37.5. The lowest BCUT2D eigenvalue weighted by Gasteiger charge is -2.24. The number of esters is 2. The summed E-state index contributed by atoms with van der Waals surface area (Å²) in [5.74, 6) is -0.833. The molecule has 9 nitrogen and oxygen atoms in total. The van der Waals surface area contributed by atoms with E-state index < -0.39 is 26.5 Å². The molecule has 0 bridgehead atoms. The van der Waals surface area contributed by atoms with E-state index >= 15 is 0 Å². The molecule has 0 heterocycles. The quantitative estimate of drug-likeness (QED) is 0.0214. The van der Waals surface area contributed by atoms with Gasteiger partial charge in [-0.1, -0.05) is 159 Å². The van der Waals surface area contributed by atoms with E-state index in [1.54, 1.807) is 0 Å². The molecule has 0 aromatic rings. The average molecular weight is 811 g/mol. The van der Waals surface area contributed by atoms with Crippen LogP contribution in [0.3, 0.4) is 0 Å². The number of phosphoric acid groups is 1. The van der Waals surface area contributed by atoms with Crippen molar-refractivity contribution in [1.29, 1.82) is 0 Å². The number of quaternary nitrogens is 1. The summed E-state index contributed by atoms with van der Waals surface area (Å²) >= 11 is 0. The van der Waals surface area contributed by atoms with E-state index in [0.29, 0.717) is 17.4 Å². The number of rotatable bonds is 40. The van der Waals surface area contributed by atoms with E-state index in [4.69, 9.17) is 18.5 Å². The Hall–Kier alpha value is -2.03. The van der Waals surface area contributed by atoms with Crippen molar-refractivity contribution < 1.29 is 42.1 Å². The highest BCUT2D eigenvalue weighted by molar-refractivity contribution is 7.47. The molecule has 0 spiro atoms. The first-order valence-corrected chi connectivity index (χ1v) is 23.9. The standard InChI is InChI=1S/C46H84NO8P/c1-6-8-10-12-14-16-18-20-21-22-23-24-25-27-29-31-33-35-37-39-46(49)55-44(43-54-56(50,51)53-41-40-47(3,4)5)42-52-45(48)38-36-34-32-30-28-26-19-17-15-13-11-9-7-2/h14,16,20-21,23-24,27,29,44H,6-13,15,17-19,22,25-26,28,30-43H2,1-5H3/p+1/b16-14+,21-20+,24-23+,29-27+/t44-/m1/s1. The third-order valence-corrected chi connectivity index (χ3v) is 10.3. The van der Waals surface area contributed by atoms with E-state index in [0.717, 1.165) is 57.8 Å². The van der Waals surface area contributed by atoms with Crippen LogP contribution in [0.15, 0.2) is 48.6 Å². The summed E-state index contributed by atoms with van der Waals surface area (Å²) in [4.78, 5) is 35.3. The van der Waals surface area contributed by atoms with Crippen molar-refractivity contribution in [2.24, 2.45) is 0 Å². The van der Waals surface area contributed by atoms with Crippen LogP contribution in [-0.2, 0) is 32.7 Å². The lowest BCUT2D eigenvalue weighted by atomic mass is 10.0. The van der Waals surface area contributed by atoms with Crippen molar-refractivity contribution in [2.45, 2.75) is 187 Å². The van der Waals surface area contributed by atoms with Crippen LogP contribution < -0.4 is 0 Å². The van der Waals surface area contributed by atoms with Crippen molar-refractivity contribution in [2.75, 3.05) is 47.5 Å². The molecule has 0 aromatic heterocycles. The number of hydrogen-bond donors (Lipinski definition) is 1. The molecule has 1 unspecified atom stereocenters. The second-order valence-electron chi connectivity index (χ2n) is 16.1. The van der Waals surface area contributed by atoms with Crippen LogP contribution in [0.2, 0.25) is 0 Å². The Bertz CT molecular complexity index is 1100. The van der Waals surface area contributed by atoms with Crippen LogP contribution in [0, 0.1) is 0 Å². The van der Waals surface area contributed by atoms with Crippen LogP contribution in [-0.4, -0.2) is 74.9 Å². The molecule has 0 amide bonds. The maximum absolute atomic E-state index is 12.7. The third-order valence-electron chi connectivity index (χ3n) is 9.36. The number of likely N-dealkylation sites (N-methyl/N-ethyl adjacent to an activating group) is 1. The molecule has 1 N–H and O–H groups in total. The zero-order chi connectivity index (χ0) is 41.4. The third kappa shape index (κ3) is 41.6. The molecule has 0 aliphatic rings. The van der Waals surface area contributed by atoms with E-state index in [-0.39, 0.29) is 32.0 Å². The Labute approximate surface area is 343 Å². The molecule has 2 atom stereocenters. The van der Waals surface area contributed by atoms with Gasteiger partial charge >= 0.3 is 19.8 Å². The zero-order valence-electron chi connectivity index (χ0n) is 36.6. The Kier molecular flexibility index (Phi) is 37.1. The molecule has 0 saturated heterocycles. The molecule has 326 valence electrons. The second kappa shape index (κ2) is 38.5. The van der Waals surface area contributed by atoms with Gasteiger partial charge < -0.3 is 18.9 Å². The monoisotopic (exact) mass is 811 g/mol. The number of phosphoric ester groups is 1. The summed E-state index contributed by atoms with van der Waals surface area (Å²) in [7, 11) is 1.45. The number of allylic oxidation sites excluding steroid dienone is 8. The molecule has 56 heavy (non-hydrogen) atoms. The molecule has 0 aliphatic heterocycles. The maximum atomic E-state index is 12.7. The van der Waals surface area contributed by atoms with Crippen molar-refractivity contribution in [3.05, 3.63) is 48.6 Å². The Morgan fingerprint density at radius 1 is 0.554 bits per heavy atom. The lowest BCUT2D eigenvalue weighted by molar-refractivity contribution is -0.870. The fraction of sp³-hybridized carbons (Fsp3) is 0.783. The van der Waals surface area contributed by atoms with Crippen LogP contribution in [0.1, 0.15) is 181 Å². The number of unbranched alkanes of at least 4 members (excludes halogenated alkanes) is 18. The Morgan fingerprint density at radius 3 is 1.46 bits per heavy atom. The molecular weight excluding hydrogens is 725 g/mol. The van der Waals surface area contributed by atoms with Crippen LogP contribution in [0.25, 0.3) is 0 Å². The molecule has 0 aromatic carbocycles. The fourth-order valence-corrected chi connectivity index (χ4v) is 6.56. The molecule has 0 rings (SSSR count). The second-order valence-corrected chi connectivity index (χ2v) is 17.5. The van der Waals surface area contributed by atoms with Gasteiger partial charge in [0.25, 0.3) is 0 Å². The smallest absolute Gasteiger partial charge is 0.462 e. The SMILES string of the molecule is CCCCC/C=C/C/C=C/C/C=C/C/C=C/CCCCCC(=O)O[C@H](COC(=O)CCCCCCCCCCCCCCC)COP(=O)(O)OCC[N+](C)(C)C. The summed E-state index contributed by atoms with van der Waals surface area (Å²) in [6.45, 7) is 4.35. The Balaban J connectivity index is 4.42. The molecule has 0 fully saturated rings. The summed E-state index contributed by atoms with van der Waals surface area (Å²) in [5, 5.41) is 0. The van der Waals surface area contributed by atoms with E-state index in [1.807, 2.05) is 21.1 Å². The summed E-state index contributed by atoms with van der Waals surface area (Å²) < 4.78 is 34.3. The van der Waals surface area contributed by atoms with Gasteiger partial charge in [-0.2, -0.15) is 0 Å². The fourth-order valence-electron chi connectivity index (χ4n) is 5.82. The van der Waals surface area contributed by atoms with E-state index in [1.165, 1.54) is 89.9 Å². The first kappa shape index (κ1) is 54.0. The van der Waals surface area contributed by atoms with Gasteiger partial charge in [0.2, 0.25) is 0 Å². The van der Waals surface area contributed by atoms with Crippen LogP contribution >= 0.6 is 7.82 Å².